The van der Waals surface area contributed by atoms with Crippen LogP contribution in [0.25, 0.3) is 0 Å². The summed E-state index contributed by atoms with van der Waals surface area (Å²) in [6.45, 7) is -3.81. The largest absolute Gasteiger partial charge is 0.394 e. The standard InChI is InChI=1S/C43H78N2O29/c1-44(2,3)6-7-45(4,5)8-14-32-20(51)26(57)38(63-14)70-33-15(9-46)65-40(28(59)22(33)53)72-35-17(11-48)67-42(30(61)24(35)55)74-37-19(13-50)68-43(31(62)25(37)56)73-36-18(12-49)66-41(29(60)23(36)54)71-34-16(10-47)64-39(69-32)27(58)21(34)52/h14-43,46-62H,6-13H2,1-5H3/q+2/t14-,15-,16-,17-,18-,19-,20-,21-,22-,23-,24-,25-,26-,27-,28-,29-,30-,31-,32-,33-,34-,35-,36-,37-,38-,39-,40-,41-,42-,43-/m1/s1. The summed E-state index contributed by atoms with van der Waals surface area (Å²) in [6.07, 6.45) is -57.1. The number of rotatable bonds is 10. The molecule has 0 aromatic carbocycles. The first kappa shape index (κ1) is 60.4. The normalized spacial score (nSPS) is 51.2. The van der Waals surface area contributed by atoms with Crippen molar-refractivity contribution in [3.8, 4) is 0 Å². The molecular weight excluding hydrogens is 1010 g/mol. The molecule has 31 heteroatoms. The van der Waals surface area contributed by atoms with E-state index < -0.39 is 217 Å². The predicted octanol–water partition coefficient (Wildman–Crippen LogP) is -12.3. The maximum atomic E-state index is 11.8. The minimum atomic E-state index is -2.14. The monoisotopic (exact) mass is 1090 g/mol. The Balaban J connectivity index is 1.22. The third-order valence-electron chi connectivity index (χ3n) is 14.5. The summed E-state index contributed by atoms with van der Waals surface area (Å²) in [4.78, 5) is 0. The first-order chi connectivity index (χ1) is 34.8. The van der Waals surface area contributed by atoms with E-state index in [2.05, 4.69) is 0 Å². The Labute approximate surface area is 424 Å². The second kappa shape index (κ2) is 24.6. The third kappa shape index (κ3) is 12.7. The summed E-state index contributed by atoms with van der Waals surface area (Å²) >= 11 is 0. The van der Waals surface area contributed by atoms with Crippen molar-refractivity contribution in [2.75, 3.05) is 87.9 Å². The summed E-state index contributed by atoms with van der Waals surface area (Å²) < 4.78 is 71.0. The van der Waals surface area contributed by atoms with E-state index in [9.17, 15) is 86.8 Å². The Morgan fingerprint density at radius 1 is 0.257 bits per heavy atom. The second-order valence-corrected chi connectivity index (χ2v) is 21.5. The molecule has 22 aliphatic heterocycles. The molecule has 432 valence electrons. The Morgan fingerprint density at radius 2 is 0.446 bits per heavy atom. The third-order valence-corrected chi connectivity index (χ3v) is 14.5. The van der Waals surface area contributed by atoms with Gasteiger partial charge in [-0.25, -0.2) is 0 Å². The number of hydrogen-bond acceptors (Lipinski definition) is 29. The fourth-order valence-corrected chi connectivity index (χ4v) is 10.1. The molecule has 0 aromatic heterocycles. The molecule has 22 aliphatic rings. The summed E-state index contributed by atoms with van der Waals surface area (Å²) in [6, 6.07) is 0. The Bertz CT molecular complexity index is 1750. The molecule has 0 aromatic rings. The van der Waals surface area contributed by atoms with E-state index >= 15 is 0 Å². The van der Waals surface area contributed by atoms with Crippen LogP contribution in [-0.2, 0) is 56.8 Å². The predicted molar refractivity (Wildman–Crippen MR) is 233 cm³/mol. The highest BCUT2D eigenvalue weighted by atomic mass is 16.8. The van der Waals surface area contributed by atoms with Crippen molar-refractivity contribution < 1.29 is 153 Å². The molecule has 0 spiro atoms. The fourth-order valence-electron chi connectivity index (χ4n) is 10.1. The van der Waals surface area contributed by atoms with Crippen LogP contribution in [0.3, 0.4) is 0 Å². The van der Waals surface area contributed by atoms with Crippen LogP contribution in [-0.4, -0.2) is 368 Å². The molecule has 17 N–H and O–H groups in total. The molecule has 0 radical (unpaired) electrons. The Hall–Kier alpha value is -1.24. The maximum absolute atomic E-state index is 11.8. The van der Waals surface area contributed by atoms with E-state index in [0.717, 1.165) is 0 Å². The van der Waals surface area contributed by atoms with E-state index in [1.807, 2.05) is 35.2 Å². The molecule has 31 nitrogen and oxygen atoms in total. The van der Waals surface area contributed by atoms with Crippen LogP contribution in [0.5, 0.6) is 0 Å². The molecule has 0 amide bonds. The van der Waals surface area contributed by atoms with Gasteiger partial charge in [0.1, 0.15) is 166 Å². The lowest BCUT2D eigenvalue weighted by Crippen LogP contribution is -2.69. The summed E-state index contributed by atoms with van der Waals surface area (Å²) in [5, 5.41) is 189. The number of aliphatic hydroxyl groups is 17. The van der Waals surface area contributed by atoms with Gasteiger partial charge in [0.05, 0.1) is 68.3 Å². The lowest BCUT2D eigenvalue weighted by molar-refractivity contribution is -0.939. The topological polar surface area (TPSA) is 455 Å². The van der Waals surface area contributed by atoms with Gasteiger partial charge >= 0.3 is 0 Å². The number of quaternary nitrogens is 2. The van der Waals surface area contributed by atoms with E-state index in [4.69, 9.17) is 56.8 Å². The fraction of sp³-hybridized carbons (Fsp3) is 1.00. The van der Waals surface area contributed by atoms with Crippen LogP contribution in [0.4, 0.5) is 0 Å². The van der Waals surface area contributed by atoms with Crippen LogP contribution >= 0.6 is 0 Å². The van der Waals surface area contributed by atoms with Gasteiger partial charge in [0.15, 0.2) is 37.7 Å². The first-order valence-corrected chi connectivity index (χ1v) is 24.5. The molecule has 30 atom stereocenters. The van der Waals surface area contributed by atoms with Crippen molar-refractivity contribution in [2.45, 2.75) is 184 Å². The molecular formula is C43H78N2O29+2. The summed E-state index contributed by atoms with van der Waals surface area (Å²) in [5.41, 5.74) is 0. The van der Waals surface area contributed by atoms with Gasteiger partial charge in [-0.3, -0.25) is 0 Å². The van der Waals surface area contributed by atoms with Gasteiger partial charge in [0.25, 0.3) is 0 Å². The zero-order chi connectivity index (χ0) is 54.5. The first-order valence-electron chi connectivity index (χ1n) is 24.5. The van der Waals surface area contributed by atoms with Crippen molar-refractivity contribution in [1.29, 1.82) is 0 Å². The number of nitrogens with zero attached hydrogens (tertiary/aromatic N) is 2. The van der Waals surface area contributed by atoms with Gasteiger partial charge in [-0.15, -0.1) is 0 Å². The molecule has 0 unspecified atom stereocenters. The quantitative estimate of drug-likeness (QED) is 0.0903. The van der Waals surface area contributed by atoms with Gasteiger partial charge in [-0.2, -0.15) is 0 Å². The van der Waals surface area contributed by atoms with Crippen LogP contribution in [0, 0.1) is 0 Å². The van der Waals surface area contributed by atoms with Gasteiger partial charge < -0.3 is 153 Å². The van der Waals surface area contributed by atoms with Crippen LogP contribution in [0.1, 0.15) is 0 Å². The van der Waals surface area contributed by atoms with Gasteiger partial charge in [-0.05, 0) is 0 Å². The highest BCUT2D eigenvalue weighted by Crippen LogP contribution is 2.38. The number of likely N-dealkylation sites (N-methyl/N-ethyl adjacent to an activating group) is 2. The molecule has 22 saturated heterocycles. The Morgan fingerprint density at radius 3 is 0.635 bits per heavy atom. The Kier molecular flexibility index (Phi) is 20.1. The van der Waals surface area contributed by atoms with E-state index in [0.29, 0.717) is 17.6 Å². The van der Waals surface area contributed by atoms with Crippen molar-refractivity contribution in [2.24, 2.45) is 0 Å². The average Bonchev–Trinajstić information content (AvgIpc) is 3.35. The molecule has 22 fully saturated rings. The molecule has 74 heavy (non-hydrogen) atoms. The van der Waals surface area contributed by atoms with Crippen LogP contribution < -0.4 is 0 Å². The average molecular weight is 1090 g/mol. The highest BCUT2D eigenvalue weighted by Gasteiger charge is 2.59. The molecule has 0 aliphatic carbocycles. The molecule has 22 rings (SSSR count). The molecule has 22 heterocycles. The zero-order valence-electron chi connectivity index (χ0n) is 41.4. The van der Waals surface area contributed by atoms with Gasteiger partial charge in [-0.1, -0.05) is 0 Å². The van der Waals surface area contributed by atoms with Crippen molar-refractivity contribution in [3.05, 3.63) is 0 Å². The molecule has 12 bridgehead atoms. The van der Waals surface area contributed by atoms with Crippen LogP contribution in [0.2, 0.25) is 0 Å². The zero-order valence-corrected chi connectivity index (χ0v) is 41.4. The second-order valence-electron chi connectivity index (χ2n) is 21.5. The smallest absolute Gasteiger partial charge is 0.187 e. The van der Waals surface area contributed by atoms with Gasteiger partial charge in [0, 0.05) is 0 Å². The lowest BCUT2D eigenvalue weighted by Gasteiger charge is -2.51. The van der Waals surface area contributed by atoms with Crippen molar-refractivity contribution in [3.63, 3.8) is 0 Å². The minimum absolute atomic E-state index is 0.0266. The number of hydrogen-bond donors (Lipinski definition) is 17. The summed E-state index contributed by atoms with van der Waals surface area (Å²) in [7, 11) is 9.53. The summed E-state index contributed by atoms with van der Waals surface area (Å²) in [5.74, 6) is 0. The van der Waals surface area contributed by atoms with Crippen LogP contribution in [0.15, 0.2) is 0 Å². The number of aliphatic hydroxyl groups excluding tert-OH is 17. The van der Waals surface area contributed by atoms with Crippen molar-refractivity contribution in [1.82, 2.24) is 0 Å². The van der Waals surface area contributed by atoms with E-state index in [1.54, 1.807) is 0 Å². The van der Waals surface area contributed by atoms with E-state index in [1.165, 1.54) is 0 Å². The number of ether oxygens (including phenoxy) is 12. The van der Waals surface area contributed by atoms with Gasteiger partial charge in [0.2, 0.25) is 0 Å². The molecule has 0 saturated carbocycles. The maximum Gasteiger partial charge on any atom is 0.187 e. The van der Waals surface area contributed by atoms with Crippen molar-refractivity contribution >= 4 is 0 Å². The minimum Gasteiger partial charge on any atom is -0.394 e. The lowest BCUT2D eigenvalue weighted by atomic mass is 9.94. The SMILES string of the molecule is C[N+](C)(C)CC[N+](C)(C)C[C@H]1O[C@@H]2O[C@H]3[C@H](O)[C@@H](O)[C@@H](O[C@H]4[C@H](O)[C@@H](O)[C@@H](O[C@H]5[C@H](O)[C@@H](O)[C@@H](O[C@H]6[C@H](O)[C@@H](O)[C@@H](O[C@H]7[C@H](O)[C@@H](O)[C@@H](O[C@H]1[C@H](O)[C@H]2O)O[C@@H]7CO)O[C@@H]6CO)O[C@@H]5CO)O[C@@H]4CO)O[C@@H]3CO. The van der Waals surface area contributed by atoms with E-state index in [-0.39, 0.29) is 11.0 Å². The highest BCUT2D eigenvalue weighted by molar-refractivity contribution is 5.01.